The van der Waals surface area contributed by atoms with Crippen LogP contribution in [0.5, 0.6) is 5.75 Å². The maximum atomic E-state index is 13.1. The fourth-order valence-electron chi connectivity index (χ4n) is 3.81. The number of halogens is 1. The quantitative estimate of drug-likeness (QED) is 0.351. The molecule has 0 unspecified atom stereocenters. The van der Waals surface area contributed by atoms with Crippen LogP contribution in [0.1, 0.15) is 23.6 Å². The molecule has 4 aromatic rings. The first-order valence-corrected chi connectivity index (χ1v) is 10.3. The first-order valence-electron chi connectivity index (χ1n) is 10.3. The number of amides is 1. The van der Waals surface area contributed by atoms with E-state index in [1.165, 1.54) is 35.9 Å². The number of methoxy groups -OCH3 is 1. The van der Waals surface area contributed by atoms with Crippen LogP contribution in [-0.2, 0) is 4.79 Å². The molecule has 1 heterocycles. The highest BCUT2D eigenvalue weighted by atomic mass is 19.1. The number of aryl methyl sites for hydroxylation is 2. The molecule has 0 atom stereocenters. The summed E-state index contributed by atoms with van der Waals surface area (Å²) in [6.45, 7) is 5.85. The van der Waals surface area contributed by atoms with E-state index in [4.69, 9.17) is 9.15 Å². The molecule has 5 heteroatoms. The third-order valence-electron chi connectivity index (χ3n) is 5.49. The summed E-state index contributed by atoms with van der Waals surface area (Å²) in [5.41, 5.74) is 6.91. The Balaban J connectivity index is 1.75. The molecule has 4 rings (SSSR count). The predicted octanol–water partition coefficient (Wildman–Crippen LogP) is 6.91. The summed E-state index contributed by atoms with van der Waals surface area (Å²) >= 11 is 0. The van der Waals surface area contributed by atoms with Crippen LogP contribution in [0.15, 0.2) is 71.4 Å². The summed E-state index contributed by atoms with van der Waals surface area (Å²) in [5, 5.41) is 3.71. The van der Waals surface area contributed by atoms with Crippen LogP contribution < -0.4 is 10.1 Å². The van der Waals surface area contributed by atoms with Crippen molar-refractivity contribution in [2.24, 2.45) is 0 Å². The summed E-state index contributed by atoms with van der Waals surface area (Å²) in [6.07, 6.45) is 3.27. The van der Waals surface area contributed by atoms with Crippen molar-refractivity contribution in [1.82, 2.24) is 0 Å². The highest BCUT2D eigenvalue weighted by Gasteiger charge is 2.18. The number of nitrogens with one attached hydrogen (secondary N) is 1. The summed E-state index contributed by atoms with van der Waals surface area (Å²) < 4.78 is 24.7. The van der Waals surface area contributed by atoms with Gasteiger partial charge in [-0.05, 0) is 62.2 Å². The molecule has 0 fully saturated rings. The molecule has 0 bridgehead atoms. The lowest BCUT2D eigenvalue weighted by molar-refractivity contribution is -0.111. The van der Waals surface area contributed by atoms with Crippen LogP contribution in [-0.4, -0.2) is 13.0 Å². The zero-order valence-corrected chi connectivity index (χ0v) is 18.5. The normalized spacial score (nSPS) is 11.6. The van der Waals surface area contributed by atoms with E-state index >= 15 is 0 Å². The van der Waals surface area contributed by atoms with E-state index < -0.39 is 0 Å². The van der Waals surface area contributed by atoms with Crippen LogP contribution >= 0.6 is 0 Å². The summed E-state index contributed by atoms with van der Waals surface area (Å²) in [7, 11) is 1.60. The molecule has 1 aromatic heterocycles. The SMILES string of the molecule is COc1c(/C(C)=C/C(=O)Nc2ccc(F)cc2)cc2c(-c3ccc(C)cc3)coc2c1C. The minimum Gasteiger partial charge on any atom is -0.496 e. The van der Waals surface area contributed by atoms with Crippen LogP contribution in [0.3, 0.4) is 0 Å². The number of benzene rings is 3. The lowest BCUT2D eigenvalue weighted by Crippen LogP contribution is -2.08. The van der Waals surface area contributed by atoms with Crippen LogP contribution in [0, 0.1) is 19.7 Å². The first-order chi connectivity index (χ1) is 15.4. The van der Waals surface area contributed by atoms with Gasteiger partial charge >= 0.3 is 0 Å². The van der Waals surface area contributed by atoms with Gasteiger partial charge in [0, 0.05) is 33.8 Å². The summed E-state index contributed by atoms with van der Waals surface area (Å²) in [5.74, 6) is -0.00164. The number of furan rings is 1. The van der Waals surface area contributed by atoms with Crippen molar-refractivity contribution in [2.75, 3.05) is 12.4 Å². The van der Waals surface area contributed by atoms with Gasteiger partial charge < -0.3 is 14.5 Å². The van der Waals surface area contributed by atoms with E-state index in [0.717, 1.165) is 38.8 Å². The number of carbonyl (C=O) groups is 1. The van der Waals surface area contributed by atoms with Crippen molar-refractivity contribution < 1.29 is 18.3 Å². The minimum atomic E-state index is -0.354. The third-order valence-corrected chi connectivity index (χ3v) is 5.49. The monoisotopic (exact) mass is 429 g/mol. The molecular formula is C27H24FNO3. The van der Waals surface area contributed by atoms with Crippen LogP contribution in [0.4, 0.5) is 10.1 Å². The summed E-state index contributed by atoms with van der Waals surface area (Å²) in [6, 6.07) is 15.9. The molecule has 0 aliphatic carbocycles. The summed E-state index contributed by atoms with van der Waals surface area (Å²) in [4.78, 5) is 12.6. The Bertz CT molecular complexity index is 1320. The van der Waals surface area contributed by atoms with Crippen molar-refractivity contribution in [3.8, 4) is 16.9 Å². The Kier molecular flexibility index (Phi) is 5.82. The van der Waals surface area contributed by atoms with Crippen molar-refractivity contribution in [3.63, 3.8) is 0 Å². The maximum Gasteiger partial charge on any atom is 0.248 e. The van der Waals surface area contributed by atoms with Gasteiger partial charge in [-0.15, -0.1) is 0 Å². The van der Waals surface area contributed by atoms with E-state index in [1.807, 2.05) is 19.9 Å². The predicted molar refractivity (Wildman–Crippen MR) is 126 cm³/mol. The maximum absolute atomic E-state index is 13.1. The van der Waals surface area contributed by atoms with Gasteiger partial charge in [0.25, 0.3) is 0 Å². The topological polar surface area (TPSA) is 51.5 Å². The van der Waals surface area contributed by atoms with E-state index in [0.29, 0.717) is 11.4 Å². The zero-order valence-electron chi connectivity index (χ0n) is 18.5. The first kappa shape index (κ1) is 21.4. The molecule has 3 aromatic carbocycles. The average Bonchev–Trinajstić information content (AvgIpc) is 3.20. The van der Waals surface area contributed by atoms with Gasteiger partial charge in [-0.3, -0.25) is 4.79 Å². The van der Waals surface area contributed by atoms with Crippen molar-refractivity contribution in [1.29, 1.82) is 0 Å². The van der Waals surface area contributed by atoms with Gasteiger partial charge in [0.15, 0.2) is 0 Å². The van der Waals surface area contributed by atoms with Crippen LogP contribution in [0.2, 0.25) is 0 Å². The van der Waals surface area contributed by atoms with Gasteiger partial charge in [-0.2, -0.15) is 0 Å². The van der Waals surface area contributed by atoms with Gasteiger partial charge in [0.2, 0.25) is 5.91 Å². The Morgan fingerprint density at radius 2 is 1.75 bits per heavy atom. The Hall–Kier alpha value is -3.86. The Labute approximate surface area is 186 Å². The molecule has 0 spiro atoms. The third kappa shape index (κ3) is 4.14. The second kappa shape index (κ2) is 8.71. The molecule has 4 nitrogen and oxygen atoms in total. The molecule has 0 radical (unpaired) electrons. The number of hydrogen-bond acceptors (Lipinski definition) is 3. The number of anilines is 1. The average molecular weight is 429 g/mol. The fourth-order valence-corrected chi connectivity index (χ4v) is 3.81. The van der Waals surface area contributed by atoms with Crippen molar-refractivity contribution in [2.45, 2.75) is 20.8 Å². The molecule has 0 aliphatic rings. The molecular weight excluding hydrogens is 405 g/mol. The van der Waals surface area contributed by atoms with Gasteiger partial charge in [0.05, 0.1) is 13.4 Å². The number of ether oxygens (including phenoxy) is 1. The van der Waals surface area contributed by atoms with E-state index in [-0.39, 0.29) is 11.7 Å². The highest BCUT2D eigenvalue weighted by molar-refractivity contribution is 6.06. The highest BCUT2D eigenvalue weighted by Crippen LogP contribution is 2.40. The molecule has 0 saturated heterocycles. The smallest absolute Gasteiger partial charge is 0.248 e. The van der Waals surface area contributed by atoms with E-state index in [2.05, 4.69) is 36.5 Å². The van der Waals surface area contributed by atoms with Crippen molar-refractivity contribution in [3.05, 3.63) is 89.4 Å². The number of hydrogen-bond donors (Lipinski definition) is 1. The van der Waals surface area contributed by atoms with Gasteiger partial charge in [-0.1, -0.05) is 29.8 Å². The molecule has 0 saturated carbocycles. The molecule has 1 N–H and O–H groups in total. The molecule has 32 heavy (non-hydrogen) atoms. The largest absolute Gasteiger partial charge is 0.496 e. The number of rotatable bonds is 5. The fraction of sp³-hybridized carbons (Fsp3) is 0.148. The number of carbonyl (C=O) groups excluding carboxylic acids is 1. The minimum absolute atomic E-state index is 0.306. The molecule has 0 aliphatic heterocycles. The molecule has 162 valence electrons. The standard InChI is InChI=1S/C27H24FNO3/c1-16-5-7-19(8-6-16)24-15-32-27-18(3)26(31-4)22(14-23(24)27)17(2)13-25(30)29-21-11-9-20(28)10-12-21/h5-15H,1-4H3,(H,29,30)/b17-13+. The van der Waals surface area contributed by atoms with E-state index in [9.17, 15) is 9.18 Å². The Morgan fingerprint density at radius 3 is 2.41 bits per heavy atom. The number of allylic oxidation sites excluding steroid dienone is 1. The van der Waals surface area contributed by atoms with Gasteiger partial charge in [-0.25, -0.2) is 4.39 Å². The Morgan fingerprint density at radius 1 is 1.06 bits per heavy atom. The second-order valence-corrected chi connectivity index (χ2v) is 7.80. The molecule has 1 amide bonds. The van der Waals surface area contributed by atoms with Crippen LogP contribution in [0.25, 0.3) is 27.7 Å². The second-order valence-electron chi connectivity index (χ2n) is 7.80. The van der Waals surface area contributed by atoms with Crippen molar-refractivity contribution >= 4 is 28.1 Å². The zero-order chi connectivity index (χ0) is 22.8. The van der Waals surface area contributed by atoms with E-state index in [1.54, 1.807) is 13.4 Å². The number of fused-ring (bicyclic) bond motifs is 1. The lowest BCUT2D eigenvalue weighted by Gasteiger charge is -2.13. The van der Waals surface area contributed by atoms with Gasteiger partial charge in [0.1, 0.15) is 17.1 Å². The lowest BCUT2D eigenvalue weighted by atomic mass is 9.96.